The van der Waals surface area contributed by atoms with Gasteiger partial charge in [-0.25, -0.2) is 4.79 Å². The molecule has 1 aliphatic rings. The first-order valence-electron chi connectivity index (χ1n) is 6.81. The smallest absolute Gasteiger partial charge is 0.409 e. The van der Waals surface area contributed by atoms with Crippen molar-refractivity contribution >= 4 is 23.3 Å². The molecule has 1 aliphatic heterocycles. The van der Waals surface area contributed by atoms with Gasteiger partial charge in [-0.15, -0.1) is 0 Å². The lowest BCUT2D eigenvalue weighted by Crippen LogP contribution is -2.37. The van der Waals surface area contributed by atoms with Crippen LogP contribution in [0.2, 0.25) is 0 Å². The number of piperidine rings is 1. The number of nitrogens with zero attached hydrogens (tertiary/aromatic N) is 1. The van der Waals surface area contributed by atoms with Crippen LogP contribution in [-0.2, 0) is 0 Å². The summed E-state index contributed by atoms with van der Waals surface area (Å²) in [5.41, 5.74) is 1.29. The third-order valence-corrected chi connectivity index (χ3v) is 3.64. The maximum Gasteiger partial charge on any atom is 0.415 e. The van der Waals surface area contributed by atoms with Gasteiger partial charge in [-0.05, 0) is 31.4 Å². The van der Waals surface area contributed by atoms with Crippen molar-refractivity contribution in [1.82, 2.24) is 9.88 Å². The Labute approximate surface area is 116 Å². The third kappa shape index (κ3) is 2.27. The molecule has 1 amide bonds. The first kappa shape index (κ1) is 12.7. The Morgan fingerprint density at radius 2 is 2.05 bits per heavy atom. The number of H-pyrrole nitrogens is 1. The number of carbonyl (C=O) groups is 2. The molecule has 1 saturated heterocycles. The van der Waals surface area contributed by atoms with Crippen LogP contribution in [0.4, 0.5) is 4.79 Å². The van der Waals surface area contributed by atoms with E-state index in [9.17, 15) is 9.59 Å². The normalized spacial score (nSPS) is 15.3. The minimum Gasteiger partial charge on any atom is -0.409 e. The van der Waals surface area contributed by atoms with Crippen LogP contribution >= 0.6 is 0 Å². The minimum atomic E-state index is -0.338. The monoisotopic (exact) mass is 272 g/mol. The highest BCUT2D eigenvalue weighted by atomic mass is 16.6. The molecule has 1 aromatic heterocycles. The van der Waals surface area contributed by atoms with Crippen LogP contribution in [-0.4, -0.2) is 35.4 Å². The van der Waals surface area contributed by atoms with E-state index in [0.29, 0.717) is 16.7 Å². The van der Waals surface area contributed by atoms with E-state index in [1.54, 1.807) is 23.2 Å². The van der Waals surface area contributed by atoms with Gasteiger partial charge in [0.25, 0.3) is 0 Å². The molecule has 0 atom stereocenters. The lowest BCUT2D eigenvalue weighted by atomic mass is 10.1. The van der Waals surface area contributed by atoms with E-state index in [1.165, 1.54) is 0 Å². The first-order chi connectivity index (χ1) is 9.79. The Hall–Kier alpha value is -2.30. The zero-order valence-electron chi connectivity index (χ0n) is 11.1. The first-order valence-corrected chi connectivity index (χ1v) is 6.81. The van der Waals surface area contributed by atoms with E-state index in [4.69, 9.17) is 4.74 Å². The number of hydrogen-bond acceptors (Lipinski definition) is 3. The quantitative estimate of drug-likeness (QED) is 0.855. The second-order valence-electron chi connectivity index (χ2n) is 4.96. The summed E-state index contributed by atoms with van der Waals surface area (Å²) in [5.74, 6) is 0.432. The lowest BCUT2D eigenvalue weighted by molar-refractivity contribution is 0.112. The Balaban J connectivity index is 1.88. The van der Waals surface area contributed by atoms with E-state index >= 15 is 0 Å². The van der Waals surface area contributed by atoms with E-state index < -0.39 is 0 Å². The molecule has 3 rings (SSSR count). The second-order valence-corrected chi connectivity index (χ2v) is 4.96. The fourth-order valence-electron chi connectivity index (χ4n) is 2.59. The largest absolute Gasteiger partial charge is 0.415 e. The number of fused-ring (bicyclic) bond motifs is 1. The molecule has 0 spiro atoms. The zero-order chi connectivity index (χ0) is 13.9. The Morgan fingerprint density at radius 1 is 1.25 bits per heavy atom. The molecule has 5 nitrogen and oxygen atoms in total. The SMILES string of the molecule is O=Cc1c[nH]c2cccc(OC(=O)N3CCCCC3)c12. The molecular formula is C15H16N2O3. The standard InChI is InChI=1S/C15H16N2O3/c18-10-11-9-16-12-5-4-6-13(14(11)12)20-15(19)17-7-2-1-3-8-17/h4-6,9-10,16H,1-3,7-8H2. The number of amides is 1. The van der Waals surface area contributed by atoms with Crippen molar-refractivity contribution in [2.24, 2.45) is 0 Å². The Kier molecular flexibility index (Phi) is 3.41. The number of aldehydes is 1. The number of likely N-dealkylation sites (tertiary alicyclic amines) is 1. The second kappa shape index (κ2) is 5.36. The number of hydrogen-bond donors (Lipinski definition) is 1. The van der Waals surface area contributed by atoms with Crippen LogP contribution in [0.5, 0.6) is 5.75 Å². The van der Waals surface area contributed by atoms with Crippen molar-refractivity contribution in [3.63, 3.8) is 0 Å². The maximum absolute atomic E-state index is 12.1. The van der Waals surface area contributed by atoms with Gasteiger partial charge in [-0.3, -0.25) is 4.79 Å². The Morgan fingerprint density at radius 3 is 2.80 bits per heavy atom. The molecule has 0 saturated carbocycles. The fraction of sp³-hybridized carbons (Fsp3) is 0.333. The highest BCUT2D eigenvalue weighted by Gasteiger charge is 2.20. The van der Waals surface area contributed by atoms with Crippen molar-refractivity contribution in [2.75, 3.05) is 13.1 Å². The van der Waals surface area contributed by atoms with Gasteiger partial charge in [0.15, 0.2) is 6.29 Å². The third-order valence-electron chi connectivity index (χ3n) is 3.64. The maximum atomic E-state index is 12.1. The van der Waals surface area contributed by atoms with Crippen LogP contribution < -0.4 is 4.74 Å². The molecule has 20 heavy (non-hydrogen) atoms. The average molecular weight is 272 g/mol. The van der Waals surface area contributed by atoms with E-state index in [1.807, 2.05) is 6.07 Å². The van der Waals surface area contributed by atoms with Gasteiger partial charge < -0.3 is 14.6 Å². The lowest BCUT2D eigenvalue weighted by Gasteiger charge is -2.25. The summed E-state index contributed by atoms with van der Waals surface area (Å²) in [6, 6.07) is 5.36. The minimum absolute atomic E-state index is 0.338. The fourth-order valence-corrected chi connectivity index (χ4v) is 2.59. The van der Waals surface area contributed by atoms with Crippen molar-refractivity contribution in [3.8, 4) is 5.75 Å². The van der Waals surface area contributed by atoms with Gasteiger partial charge in [0.1, 0.15) is 5.75 Å². The number of aromatic amines is 1. The summed E-state index contributed by atoms with van der Waals surface area (Å²) < 4.78 is 5.48. The Bertz CT molecular complexity index is 642. The zero-order valence-corrected chi connectivity index (χ0v) is 11.1. The average Bonchev–Trinajstić information content (AvgIpc) is 2.92. The van der Waals surface area contributed by atoms with Gasteiger partial charge in [0, 0.05) is 30.4 Å². The van der Waals surface area contributed by atoms with Crippen molar-refractivity contribution in [1.29, 1.82) is 0 Å². The number of carbonyl (C=O) groups excluding carboxylic acids is 2. The van der Waals surface area contributed by atoms with Crippen LogP contribution in [0.25, 0.3) is 10.9 Å². The highest BCUT2D eigenvalue weighted by Crippen LogP contribution is 2.28. The molecule has 0 unspecified atom stereocenters. The molecule has 1 aromatic carbocycles. The van der Waals surface area contributed by atoms with Crippen molar-refractivity contribution < 1.29 is 14.3 Å². The molecule has 0 radical (unpaired) electrons. The van der Waals surface area contributed by atoms with E-state index in [2.05, 4.69) is 4.98 Å². The molecule has 2 heterocycles. The van der Waals surface area contributed by atoms with Gasteiger partial charge in [-0.1, -0.05) is 6.07 Å². The molecule has 104 valence electrons. The predicted molar refractivity (Wildman–Crippen MR) is 75.1 cm³/mol. The molecule has 0 bridgehead atoms. The molecule has 1 N–H and O–H groups in total. The highest BCUT2D eigenvalue weighted by molar-refractivity contribution is 6.01. The van der Waals surface area contributed by atoms with Gasteiger partial charge in [-0.2, -0.15) is 0 Å². The summed E-state index contributed by atoms with van der Waals surface area (Å²) in [6.45, 7) is 1.48. The molecule has 2 aromatic rings. The van der Waals surface area contributed by atoms with Crippen molar-refractivity contribution in [2.45, 2.75) is 19.3 Å². The van der Waals surface area contributed by atoms with Crippen molar-refractivity contribution in [3.05, 3.63) is 30.0 Å². The molecular weight excluding hydrogens is 256 g/mol. The van der Waals surface area contributed by atoms with Crippen LogP contribution in [0.1, 0.15) is 29.6 Å². The topological polar surface area (TPSA) is 62.4 Å². The van der Waals surface area contributed by atoms with E-state index in [-0.39, 0.29) is 6.09 Å². The summed E-state index contributed by atoms with van der Waals surface area (Å²) >= 11 is 0. The van der Waals surface area contributed by atoms with Gasteiger partial charge >= 0.3 is 6.09 Å². The van der Waals surface area contributed by atoms with Gasteiger partial charge in [0.2, 0.25) is 0 Å². The molecule has 1 fully saturated rings. The molecule has 5 heteroatoms. The number of ether oxygens (including phenoxy) is 1. The van der Waals surface area contributed by atoms with Crippen LogP contribution in [0, 0.1) is 0 Å². The van der Waals surface area contributed by atoms with E-state index in [0.717, 1.165) is 44.2 Å². The number of benzene rings is 1. The summed E-state index contributed by atoms with van der Waals surface area (Å²) in [7, 11) is 0. The number of rotatable bonds is 2. The van der Waals surface area contributed by atoms with Crippen LogP contribution in [0.15, 0.2) is 24.4 Å². The molecule has 0 aliphatic carbocycles. The van der Waals surface area contributed by atoms with Gasteiger partial charge in [0.05, 0.1) is 5.39 Å². The summed E-state index contributed by atoms with van der Waals surface area (Å²) in [6.07, 6.45) is 5.24. The predicted octanol–water partition coefficient (Wildman–Crippen LogP) is 2.97. The number of nitrogens with one attached hydrogen (secondary N) is 1. The summed E-state index contributed by atoms with van der Waals surface area (Å²) in [5, 5.41) is 0.660. The van der Waals surface area contributed by atoms with Crippen LogP contribution in [0.3, 0.4) is 0 Å². The summed E-state index contributed by atoms with van der Waals surface area (Å²) in [4.78, 5) is 27.9. The number of aromatic nitrogens is 1.